The summed E-state index contributed by atoms with van der Waals surface area (Å²) in [5, 5.41) is 7.08. The van der Waals surface area contributed by atoms with Crippen molar-refractivity contribution in [2.75, 3.05) is 31.6 Å². The summed E-state index contributed by atoms with van der Waals surface area (Å²) in [6.45, 7) is 3.26. The van der Waals surface area contributed by atoms with Gasteiger partial charge in [-0.1, -0.05) is 28.8 Å². The number of hydrogen-bond acceptors (Lipinski definition) is 2. The number of halogens is 2. The van der Waals surface area contributed by atoms with Crippen LogP contribution >= 0.6 is 39.9 Å². The molecule has 0 aromatic heterocycles. The first-order valence-corrected chi connectivity index (χ1v) is 9.51. The van der Waals surface area contributed by atoms with Crippen LogP contribution in [0.5, 0.6) is 0 Å². The zero-order valence-electron chi connectivity index (χ0n) is 14.3. The number of benzene rings is 1. The molecule has 1 aliphatic carbocycles. The van der Waals surface area contributed by atoms with Crippen molar-refractivity contribution in [2.45, 2.75) is 38.1 Å². The molecule has 2 aliphatic rings. The molecule has 1 aliphatic heterocycles. The Kier molecular flexibility index (Phi) is 8.13. The van der Waals surface area contributed by atoms with Gasteiger partial charge in [-0.05, 0) is 49.4 Å². The van der Waals surface area contributed by atoms with Crippen molar-refractivity contribution in [3.05, 3.63) is 28.7 Å². The maximum absolute atomic E-state index is 4.37. The van der Waals surface area contributed by atoms with Gasteiger partial charge >= 0.3 is 0 Å². The lowest BCUT2D eigenvalue weighted by molar-refractivity contribution is 0.552. The van der Waals surface area contributed by atoms with E-state index in [1.165, 1.54) is 37.8 Å². The quantitative estimate of drug-likeness (QED) is 0.368. The Bertz CT molecular complexity index is 528. The van der Waals surface area contributed by atoms with Crippen LogP contribution in [0.3, 0.4) is 0 Å². The Morgan fingerprint density at radius 3 is 2.58 bits per heavy atom. The van der Waals surface area contributed by atoms with Crippen molar-refractivity contribution in [1.82, 2.24) is 10.6 Å². The molecule has 134 valence electrons. The standard InChI is InChI=1S/C18H27BrN4.HI/c1-20-18(22-16-4-2-3-5-16)21-12-14-10-11-23(13-14)17-8-6-15(19)7-9-17;/h6-9,14,16H,2-5,10-13H2,1H3,(H2,20,21,22);1H. The first-order chi connectivity index (χ1) is 11.2. The van der Waals surface area contributed by atoms with Gasteiger partial charge in [0.25, 0.3) is 0 Å². The number of rotatable bonds is 4. The molecule has 1 atom stereocenters. The van der Waals surface area contributed by atoms with Gasteiger partial charge in [0.05, 0.1) is 0 Å². The molecule has 1 unspecified atom stereocenters. The fourth-order valence-corrected chi connectivity index (χ4v) is 3.85. The maximum atomic E-state index is 4.37. The average Bonchev–Trinajstić information content (AvgIpc) is 3.24. The summed E-state index contributed by atoms with van der Waals surface area (Å²) in [7, 11) is 1.87. The SMILES string of the molecule is CN=C(NCC1CCN(c2ccc(Br)cc2)C1)NC1CCCC1.I. The van der Waals surface area contributed by atoms with Gasteiger partial charge in [0, 0.05) is 42.9 Å². The normalized spacial score (nSPS) is 21.7. The molecule has 1 heterocycles. The highest BCUT2D eigenvalue weighted by atomic mass is 127. The Hall–Kier alpha value is -0.500. The summed E-state index contributed by atoms with van der Waals surface area (Å²) in [6, 6.07) is 9.24. The fraction of sp³-hybridized carbons (Fsp3) is 0.611. The minimum atomic E-state index is 0. The van der Waals surface area contributed by atoms with E-state index in [2.05, 4.69) is 60.7 Å². The lowest BCUT2D eigenvalue weighted by Crippen LogP contribution is -2.44. The van der Waals surface area contributed by atoms with Crippen LogP contribution < -0.4 is 15.5 Å². The zero-order chi connectivity index (χ0) is 16.1. The number of guanidine groups is 1. The molecular formula is C18H28BrIN4. The summed E-state index contributed by atoms with van der Waals surface area (Å²) in [5.74, 6) is 1.65. The molecule has 0 spiro atoms. The van der Waals surface area contributed by atoms with Gasteiger partial charge in [0.2, 0.25) is 0 Å². The van der Waals surface area contributed by atoms with E-state index >= 15 is 0 Å². The van der Waals surface area contributed by atoms with E-state index in [0.717, 1.165) is 30.1 Å². The van der Waals surface area contributed by atoms with Crippen LogP contribution in [-0.4, -0.2) is 38.7 Å². The first-order valence-electron chi connectivity index (χ1n) is 8.72. The van der Waals surface area contributed by atoms with Gasteiger partial charge < -0.3 is 15.5 Å². The second-order valence-electron chi connectivity index (χ2n) is 6.66. The predicted molar refractivity (Wildman–Crippen MR) is 117 cm³/mol. The van der Waals surface area contributed by atoms with Crippen LogP contribution in [0, 0.1) is 5.92 Å². The van der Waals surface area contributed by atoms with E-state index in [0.29, 0.717) is 12.0 Å². The summed E-state index contributed by atoms with van der Waals surface area (Å²) in [4.78, 5) is 6.85. The summed E-state index contributed by atoms with van der Waals surface area (Å²) in [6.07, 6.45) is 6.49. The lowest BCUT2D eigenvalue weighted by atomic mass is 10.1. The highest BCUT2D eigenvalue weighted by Crippen LogP contribution is 2.25. The Labute approximate surface area is 171 Å². The minimum absolute atomic E-state index is 0. The molecule has 6 heteroatoms. The highest BCUT2D eigenvalue weighted by Gasteiger charge is 2.23. The first kappa shape index (κ1) is 19.8. The summed E-state index contributed by atoms with van der Waals surface area (Å²) in [5.41, 5.74) is 1.32. The molecule has 3 rings (SSSR count). The van der Waals surface area contributed by atoms with Crippen LogP contribution in [0.2, 0.25) is 0 Å². The molecule has 0 bridgehead atoms. The van der Waals surface area contributed by atoms with Gasteiger partial charge in [0.15, 0.2) is 5.96 Å². The van der Waals surface area contributed by atoms with Crippen LogP contribution in [0.4, 0.5) is 5.69 Å². The molecule has 1 saturated carbocycles. The molecule has 2 N–H and O–H groups in total. The van der Waals surface area contributed by atoms with E-state index < -0.39 is 0 Å². The lowest BCUT2D eigenvalue weighted by Gasteiger charge is -2.20. The molecule has 4 nitrogen and oxygen atoms in total. The van der Waals surface area contributed by atoms with E-state index in [1.54, 1.807) is 0 Å². The van der Waals surface area contributed by atoms with Crippen molar-refractivity contribution in [2.24, 2.45) is 10.9 Å². The van der Waals surface area contributed by atoms with Crippen LogP contribution in [-0.2, 0) is 0 Å². The number of aliphatic imine (C=N–C) groups is 1. The van der Waals surface area contributed by atoms with Crippen LogP contribution in [0.1, 0.15) is 32.1 Å². The third kappa shape index (κ3) is 5.51. The van der Waals surface area contributed by atoms with E-state index in [-0.39, 0.29) is 24.0 Å². The van der Waals surface area contributed by atoms with Gasteiger partial charge in [-0.2, -0.15) is 0 Å². The van der Waals surface area contributed by atoms with Crippen LogP contribution in [0.25, 0.3) is 0 Å². The number of anilines is 1. The summed E-state index contributed by atoms with van der Waals surface area (Å²) >= 11 is 3.50. The van der Waals surface area contributed by atoms with Crippen molar-refractivity contribution < 1.29 is 0 Å². The number of nitrogens with one attached hydrogen (secondary N) is 2. The van der Waals surface area contributed by atoms with E-state index in [4.69, 9.17) is 0 Å². The third-order valence-corrected chi connectivity index (χ3v) is 5.48. The topological polar surface area (TPSA) is 39.7 Å². The second-order valence-corrected chi connectivity index (χ2v) is 7.57. The predicted octanol–water partition coefficient (Wildman–Crippen LogP) is 4.00. The Morgan fingerprint density at radius 1 is 1.21 bits per heavy atom. The Balaban J connectivity index is 0.00000208. The number of nitrogens with zero attached hydrogens (tertiary/aromatic N) is 2. The molecule has 1 aromatic carbocycles. The largest absolute Gasteiger partial charge is 0.371 e. The van der Waals surface area contributed by atoms with E-state index in [1.807, 2.05) is 7.05 Å². The molecule has 1 saturated heterocycles. The molecule has 0 amide bonds. The van der Waals surface area contributed by atoms with E-state index in [9.17, 15) is 0 Å². The second kappa shape index (κ2) is 9.85. The van der Waals surface area contributed by atoms with Gasteiger partial charge in [-0.25, -0.2) is 0 Å². The molecule has 0 radical (unpaired) electrons. The molecule has 1 aromatic rings. The third-order valence-electron chi connectivity index (χ3n) is 4.96. The molecule has 2 fully saturated rings. The Morgan fingerprint density at radius 2 is 1.92 bits per heavy atom. The smallest absolute Gasteiger partial charge is 0.191 e. The van der Waals surface area contributed by atoms with Gasteiger partial charge in [0.1, 0.15) is 0 Å². The van der Waals surface area contributed by atoms with Gasteiger partial charge in [-0.15, -0.1) is 24.0 Å². The van der Waals surface area contributed by atoms with Crippen molar-refractivity contribution in [1.29, 1.82) is 0 Å². The highest BCUT2D eigenvalue weighted by molar-refractivity contribution is 14.0. The fourth-order valence-electron chi connectivity index (χ4n) is 3.58. The van der Waals surface area contributed by atoms with Crippen molar-refractivity contribution in [3.8, 4) is 0 Å². The molecule has 24 heavy (non-hydrogen) atoms. The monoisotopic (exact) mass is 506 g/mol. The molecular weight excluding hydrogens is 479 g/mol. The maximum Gasteiger partial charge on any atom is 0.191 e. The minimum Gasteiger partial charge on any atom is -0.371 e. The number of hydrogen-bond donors (Lipinski definition) is 2. The van der Waals surface area contributed by atoms with Crippen molar-refractivity contribution in [3.63, 3.8) is 0 Å². The van der Waals surface area contributed by atoms with Crippen LogP contribution in [0.15, 0.2) is 33.7 Å². The van der Waals surface area contributed by atoms with Crippen molar-refractivity contribution >= 4 is 51.6 Å². The average molecular weight is 507 g/mol. The zero-order valence-corrected chi connectivity index (χ0v) is 18.2. The van der Waals surface area contributed by atoms with Gasteiger partial charge in [-0.3, -0.25) is 4.99 Å². The summed E-state index contributed by atoms with van der Waals surface area (Å²) < 4.78 is 1.14.